The fourth-order valence-corrected chi connectivity index (χ4v) is 3.81. The van der Waals surface area contributed by atoms with E-state index < -0.39 is 36.1 Å². The number of fused-ring (bicyclic) bond motifs is 1. The van der Waals surface area contributed by atoms with Gasteiger partial charge in [-0.2, -0.15) is 0 Å². The predicted molar refractivity (Wildman–Crippen MR) is 102 cm³/mol. The van der Waals surface area contributed by atoms with E-state index in [-0.39, 0.29) is 17.7 Å². The summed E-state index contributed by atoms with van der Waals surface area (Å²) in [7, 11) is 1.43. The molecule has 0 spiro atoms. The molecule has 152 valence electrons. The molecule has 0 unspecified atom stereocenters. The first kappa shape index (κ1) is 19.3. The lowest BCUT2D eigenvalue weighted by atomic mass is 10.1. The van der Waals surface area contributed by atoms with Crippen LogP contribution >= 0.6 is 0 Å². The summed E-state index contributed by atoms with van der Waals surface area (Å²) in [6.07, 6.45) is 0.443. The molecule has 4 rings (SSSR count). The standard InChI is InChI=1S/C20H21FN4O4/c1-10-12-5-6-25(19(12)24-9-23-10)14-8-16(18(27)17(14)26)29-15-4-3-11(21)7-13(15)20(28)22-2/h3-7,9,14,16-18,26-27H,8H2,1-2H3,(H,22,28)/t14-,16+,17+,18-/m1/s1. The molecule has 1 saturated carbocycles. The summed E-state index contributed by atoms with van der Waals surface area (Å²) >= 11 is 0. The fourth-order valence-electron chi connectivity index (χ4n) is 3.81. The Bertz CT molecular complexity index is 1070. The Morgan fingerprint density at radius 3 is 2.83 bits per heavy atom. The molecule has 2 heterocycles. The molecule has 4 atom stereocenters. The Labute approximate surface area is 166 Å². The monoisotopic (exact) mass is 400 g/mol. The Kier molecular flexibility index (Phi) is 4.93. The van der Waals surface area contributed by atoms with Gasteiger partial charge in [0.05, 0.1) is 17.3 Å². The molecular weight excluding hydrogens is 379 g/mol. The minimum atomic E-state index is -1.19. The van der Waals surface area contributed by atoms with E-state index in [1.165, 1.54) is 25.5 Å². The lowest BCUT2D eigenvalue weighted by Crippen LogP contribution is -2.34. The van der Waals surface area contributed by atoms with E-state index in [2.05, 4.69) is 15.3 Å². The van der Waals surface area contributed by atoms with Crippen molar-refractivity contribution in [1.82, 2.24) is 19.9 Å². The van der Waals surface area contributed by atoms with Crippen LogP contribution in [0.4, 0.5) is 4.39 Å². The molecule has 0 radical (unpaired) electrons. The van der Waals surface area contributed by atoms with Gasteiger partial charge < -0.3 is 24.8 Å². The maximum atomic E-state index is 13.6. The minimum Gasteiger partial charge on any atom is -0.487 e. The van der Waals surface area contributed by atoms with Gasteiger partial charge in [-0.1, -0.05) is 0 Å². The average Bonchev–Trinajstić information content (AvgIpc) is 3.26. The van der Waals surface area contributed by atoms with Crippen LogP contribution in [0.5, 0.6) is 5.75 Å². The third-order valence-electron chi connectivity index (χ3n) is 5.36. The van der Waals surface area contributed by atoms with Gasteiger partial charge in [-0.25, -0.2) is 14.4 Å². The quantitative estimate of drug-likeness (QED) is 0.610. The van der Waals surface area contributed by atoms with Crippen molar-refractivity contribution in [2.75, 3.05) is 7.05 Å². The van der Waals surface area contributed by atoms with E-state index in [4.69, 9.17) is 4.74 Å². The SMILES string of the molecule is CNC(=O)c1cc(F)ccc1O[C@H]1C[C@@H](n2ccc3c(C)ncnc32)[C@H](O)[C@@H]1O. The number of aliphatic hydroxyl groups excluding tert-OH is 2. The normalized spacial score (nSPS) is 24.0. The van der Waals surface area contributed by atoms with Crippen LogP contribution < -0.4 is 10.1 Å². The minimum absolute atomic E-state index is 0.0208. The number of amides is 1. The number of aliphatic hydroxyl groups is 2. The van der Waals surface area contributed by atoms with Gasteiger partial charge in [-0.15, -0.1) is 0 Å². The topological polar surface area (TPSA) is 110 Å². The number of benzene rings is 1. The summed E-state index contributed by atoms with van der Waals surface area (Å²) in [4.78, 5) is 20.5. The lowest BCUT2D eigenvalue weighted by molar-refractivity contribution is -0.0165. The van der Waals surface area contributed by atoms with E-state index in [1.54, 1.807) is 10.8 Å². The van der Waals surface area contributed by atoms with Gasteiger partial charge in [0.1, 0.15) is 41.9 Å². The Morgan fingerprint density at radius 1 is 1.28 bits per heavy atom. The van der Waals surface area contributed by atoms with Gasteiger partial charge >= 0.3 is 0 Å². The summed E-state index contributed by atoms with van der Waals surface area (Å²) < 4.78 is 21.2. The van der Waals surface area contributed by atoms with Crippen molar-refractivity contribution < 1.29 is 24.1 Å². The highest BCUT2D eigenvalue weighted by Crippen LogP contribution is 2.36. The maximum absolute atomic E-state index is 13.6. The Morgan fingerprint density at radius 2 is 2.07 bits per heavy atom. The summed E-state index contributed by atoms with van der Waals surface area (Å²) in [5, 5.41) is 24.5. The Hall–Kier alpha value is -3.04. The molecule has 0 saturated heterocycles. The van der Waals surface area contributed by atoms with Crippen LogP contribution in [-0.4, -0.2) is 56.0 Å². The zero-order valence-corrected chi connectivity index (χ0v) is 15.9. The van der Waals surface area contributed by atoms with E-state index >= 15 is 0 Å². The summed E-state index contributed by atoms with van der Waals surface area (Å²) in [6, 6.07) is 4.97. The van der Waals surface area contributed by atoms with Gasteiger partial charge in [-0.3, -0.25) is 4.79 Å². The number of rotatable bonds is 4. The van der Waals surface area contributed by atoms with Gasteiger partial charge in [0.2, 0.25) is 0 Å². The zero-order chi connectivity index (χ0) is 20.7. The van der Waals surface area contributed by atoms with Gasteiger partial charge in [0, 0.05) is 25.1 Å². The predicted octanol–water partition coefficient (Wildman–Crippen LogP) is 1.35. The van der Waals surface area contributed by atoms with Crippen molar-refractivity contribution in [3.8, 4) is 5.75 Å². The molecule has 1 aliphatic rings. The number of ether oxygens (including phenoxy) is 1. The molecule has 3 N–H and O–H groups in total. The number of carbonyl (C=O) groups excluding carboxylic acids is 1. The van der Waals surface area contributed by atoms with E-state index in [0.29, 0.717) is 5.65 Å². The van der Waals surface area contributed by atoms with Crippen LogP contribution in [0.3, 0.4) is 0 Å². The highest BCUT2D eigenvalue weighted by Gasteiger charge is 2.44. The van der Waals surface area contributed by atoms with Gasteiger partial charge in [-0.05, 0) is 31.2 Å². The van der Waals surface area contributed by atoms with Crippen molar-refractivity contribution in [2.24, 2.45) is 0 Å². The zero-order valence-electron chi connectivity index (χ0n) is 15.9. The first-order valence-corrected chi connectivity index (χ1v) is 9.23. The molecule has 2 aromatic heterocycles. The number of hydrogen-bond acceptors (Lipinski definition) is 6. The number of aromatic nitrogens is 3. The van der Waals surface area contributed by atoms with Crippen molar-refractivity contribution >= 4 is 16.9 Å². The molecule has 1 amide bonds. The second-order valence-electron chi connectivity index (χ2n) is 7.08. The summed E-state index contributed by atoms with van der Waals surface area (Å²) in [5.74, 6) is -0.944. The molecule has 9 heteroatoms. The van der Waals surface area contributed by atoms with E-state index in [0.717, 1.165) is 17.1 Å². The molecule has 1 fully saturated rings. The number of carbonyl (C=O) groups is 1. The number of hydrogen-bond donors (Lipinski definition) is 3. The first-order chi connectivity index (χ1) is 13.9. The van der Waals surface area contributed by atoms with Crippen molar-refractivity contribution in [2.45, 2.75) is 37.7 Å². The Balaban J connectivity index is 1.63. The lowest BCUT2D eigenvalue weighted by Gasteiger charge is -2.20. The fraction of sp³-hybridized carbons (Fsp3) is 0.350. The molecule has 0 aliphatic heterocycles. The van der Waals surface area contributed by atoms with Crippen LogP contribution in [0.2, 0.25) is 0 Å². The second kappa shape index (κ2) is 7.41. The summed E-state index contributed by atoms with van der Waals surface area (Å²) in [5.41, 5.74) is 1.49. The van der Waals surface area contributed by atoms with Crippen LogP contribution in [0.25, 0.3) is 11.0 Å². The van der Waals surface area contributed by atoms with Crippen LogP contribution in [0.1, 0.15) is 28.5 Å². The number of halogens is 1. The van der Waals surface area contributed by atoms with Crippen molar-refractivity contribution in [1.29, 1.82) is 0 Å². The number of nitrogens with zero attached hydrogens (tertiary/aromatic N) is 3. The third-order valence-corrected chi connectivity index (χ3v) is 5.36. The molecule has 0 bridgehead atoms. The third kappa shape index (κ3) is 3.32. The maximum Gasteiger partial charge on any atom is 0.254 e. The average molecular weight is 400 g/mol. The highest BCUT2D eigenvalue weighted by atomic mass is 19.1. The largest absolute Gasteiger partial charge is 0.487 e. The number of aryl methyl sites for hydroxylation is 1. The summed E-state index contributed by atoms with van der Waals surface area (Å²) in [6.45, 7) is 1.87. The van der Waals surface area contributed by atoms with Crippen LogP contribution in [0.15, 0.2) is 36.8 Å². The van der Waals surface area contributed by atoms with Crippen molar-refractivity contribution in [3.63, 3.8) is 0 Å². The molecule has 1 aromatic carbocycles. The van der Waals surface area contributed by atoms with Crippen LogP contribution in [0, 0.1) is 12.7 Å². The van der Waals surface area contributed by atoms with Gasteiger partial charge in [0.25, 0.3) is 5.91 Å². The van der Waals surface area contributed by atoms with Crippen molar-refractivity contribution in [3.05, 3.63) is 53.9 Å². The highest BCUT2D eigenvalue weighted by molar-refractivity contribution is 5.96. The second-order valence-corrected chi connectivity index (χ2v) is 7.08. The number of nitrogens with one attached hydrogen (secondary N) is 1. The van der Waals surface area contributed by atoms with Gasteiger partial charge in [0.15, 0.2) is 0 Å². The van der Waals surface area contributed by atoms with E-state index in [9.17, 15) is 19.4 Å². The molecule has 8 nitrogen and oxygen atoms in total. The molecular formula is C20H21FN4O4. The van der Waals surface area contributed by atoms with Crippen LogP contribution in [-0.2, 0) is 0 Å². The first-order valence-electron chi connectivity index (χ1n) is 9.23. The smallest absolute Gasteiger partial charge is 0.254 e. The molecule has 29 heavy (non-hydrogen) atoms. The molecule has 1 aliphatic carbocycles. The molecule has 3 aromatic rings. The van der Waals surface area contributed by atoms with E-state index in [1.807, 2.05) is 13.0 Å².